The number of hydrogen-bond donors (Lipinski definition) is 4. The van der Waals surface area contributed by atoms with Gasteiger partial charge >= 0.3 is 13.7 Å². The lowest BCUT2D eigenvalue weighted by molar-refractivity contribution is -0.141. The normalized spacial score (nSPS) is 13.1. The quantitative estimate of drug-likeness (QED) is 0.468. The van der Waals surface area contributed by atoms with E-state index in [0.717, 1.165) is 10.0 Å². The van der Waals surface area contributed by atoms with Gasteiger partial charge in [0, 0.05) is 11.4 Å². The molecule has 1 aromatic rings. The van der Waals surface area contributed by atoms with Gasteiger partial charge in [0.15, 0.2) is 0 Å². The van der Waals surface area contributed by atoms with Crippen LogP contribution in [0.15, 0.2) is 28.7 Å². The van der Waals surface area contributed by atoms with Gasteiger partial charge in [0.2, 0.25) is 5.45 Å². The van der Waals surface area contributed by atoms with Gasteiger partial charge in [-0.05, 0) is 24.1 Å². The molecule has 0 heterocycles. The second-order valence-electron chi connectivity index (χ2n) is 4.36. The van der Waals surface area contributed by atoms with Crippen molar-refractivity contribution in [1.29, 1.82) is 5.41 Å². The van der Waals surface area contributed by atoms with Gasteiger partial charge in [-0.15, -0.1) is 0 Å². The number of rotatable bonds is 6. The Morgan fingerprint density at radius 3 is 2.32 bits per heavy atom. The maximum Gasteiger partial charge on any atom is 0.314 e. The number of carboxylic acids is 1. The van der Waals surface area contributed by atoms with Crippen molar-refractivity contribution in [1.82, 2.24) is 0 Å². The van der Waals surface area contributed by atoms with Crippen LogP contribution >= 0.6 is 23.6 Å². The average molecular weight is 349 g/mol. The summed E-state index contributed by atoms with van der Waals surface area (Å²) in [5, 5.41) is 16.4. The van der Waals surface area contributed by atoms with Crippen LogP contribution in [-0.2, 0) is 11.2 Å². The predicted octanol–water partition coefficient (Wildman–Crippen LogP) is 2.52. The molecule has 19 heavy (non-hydrogen) atoms. The second-order valence-corrected chi connectivity index (χ2v) is 7.78. The summed E-state index contributed by atoms with van der Waals surface area (Å²) in [7, 11) is -3.58. The Kier molecular flexibility index (Phi) is 5.62. The maximum atomic E-state index is 11.2. The second kappa shape index (κ2) is 6.57. The third kappa shape index (κ3) is 4.99. The zero-order valence-electron chi connectivity index (χ0n) is 10.4. The number of aliphatic carboxylic acids is 1. The van der Waals surface area contributed by atoms with E-state index in [1.165, 1.54) is 6.92 Å². The summed E-state index contributed by atoms with van der Waals surface area (Å²) in [5.41, 5.74) is 0.549. The van der Waals surface area contributed by atoms with Gasteiger partial charge in [0.1, 0.15) is 6.16 Å². The van der Waals surface area contributed by atoms with Crippen LogP contribution in [-0.4, -0.2) is 32.5 Å². The molecule has 0 saturated heterocycles. The molecule has 1 rings (SSSR count). The molecule has 1 atom stereocenters. The van der Waals surface area contributed by atoms with Gasteiger partial charge < -0.3 is 5.11 Å². The van der Waals surface area contributed by atoms with Crippen molar-refractivity contribution in [2.45, 2.75) is 13.3 Å². The molecule has 0 saturated carbocycles. The van der Waals surface area contributed by atoms with E-state index in [9.17, 15) is 14.6 Å². The molecule has 0 amide bonds. The summed E-state index contributed by atoms with van der Waals surface area (Å²) < 4.78 is 0.893. The van der Waals surface area contributed by atoms with E-state index >= 15 is 0 Å². The SMILES string of the molecule is CC(=N)[P+](O)(O)CC(Cc1ccc(Br)cc1)C(=O)O. The Morgan fingerprint density at radius 2 is 1.89 bits per heavy atom. The number of nitrogens with one attached hydrogen (secondary N) is 1. The fourth-order valence-corrected chi connectivity index (χ4v) is 3.02. The summed E-state index contributed by atoms with van der Waals surface area (Å²) in [6, 6.07) is 7.17. The van der Waals surface area contributed by atoms with Gasteiger partial charge in [-0.3, -0.25) is 10.2 Å². The van der Waals surface area contributed by atoms with Crippen LogP contribution in [0, 0.1) is 11.3 Å². The van der Waals surface area contributed by atoms with Crippen molar-refractivity contribution in [2.75, 3.05) is 6.16 Å². The molecule has 0 aromatic heterocycles. The first-order valence-electron chi connectivity index (χ1n) is 5.59. The van der Waals surface area contributed by atoms with Crippen LogP contribution < -0.4 is 0 Å². The molecule has 5 nitrogen and oxygen atoms in total. The Morgan fingerprint density at radius 1 is 1.37 bits per heavy atom. The van der Waals surface area contributed by atoms with Crippen molar-refractivity contribution in [3.63, 3.8) is 0 Å². The highest BCUT2D eigenvalue weighted by molar-refractivity contribution is 9.10. The molecule has 0 radical (unpaired) electrons. The molecule has 4 N–H and O–H groups in total. The summed E-state index contributed by atoms with van der Waals surface area (Å²) in [5.74, 6) is -2.00. The van der Waals surface area contributed by atoms with Gasteiger partial charge in [0.05, 0.1) is 5.92 Å². The van der Waals surface area contributed by atoms with Gasteiger partial charge in [-0.2, -0.15) is 0 Å². The zero-order valence-corrected chi connectivity index (χ0v) is 12.9. The smallest absolute Gasteiger partial charge is 0.314 e. The number of benzene rings is 1. The fraction of sp³-hybridized carbons (Fsp3) is 0.333. The summed E-state index contributed by atoms with van der Waals surface area (Å²) >= 11 is 3.29. The largest absolute Gasteiger partial charge is 0.481 e. The van der Waals surface area contributed by atoms with E-state index in [-0.39, 0.29) is 18.0 Å². The van der Waals surface area contributed by atoms with Crippen LogP contribution in [0.2, 0.25) is 0 Å². The Labute approximate surface area is 120 Å². The maximum absolute atomic E-state index is 11.2. The van der Waals surface area contributed by atoms with E-state index < -0.39 is 19.6 Å². The molecule has 104 valence electrons. The number of carbonyl (C=O) groups is 1. The number of carboxylic acid groups (broad SMARTS) is 1. The highest BCUT2D eigenvalue weighted by atomic mass is 79.9. The van der Waals surface area contributed by atoms with Crippen molar-refractivity contribution >= 4 is 35.1 Å². The van der Waals surface area contributed by atoms with Crippen LogP contribution in [0.1, 0.15) is 12.5 Å². The lowest BCUT2D eigenvalue weighted by atomic mass is 10.0. The van der Waals surface area contributed by atoms with E-state index in [2.05, 4.69) is 15.9 Å². The number of halogens is 1. The highest BCUT2D eigenvalue weighted by Gasteiger charge is 2.42. The monoisotopic (exact) mass is 348 g/mol. The molecule has 0 aliphatic carbocycles. The van der Waals surface area contributed by atoms with Crippen molar-refractivity contribution in [3.05, 3.63) is 34.3 Å². The van der Waals surface area contributed by atoms with E-state index in [0.29, 0.717) is 0 Å². The minimum absolute atomic E-state index is 0.207. The first-order chi connectivity index (χ1) is 8.72. The Hall–Kier alpha value is -0.810. The van der Waals surface area contributed by atoms with Crippen LogP contribution in [0.4, 0.5) is 0 Å². The molecule has 7 heteroatoms. The summed E-state index contributed by atoms with van der Waals surface area (Å²) in [6.45, 7) is 1.28. The zero-order chi connectivity index (χ0) is 14.6. The van der Waals surface area contributed by atoms with Crippen LogP contribution in [0.25, 0.3) is 0 Å². The minimum Gasteiger partial charge on any atom is -0.481 e. The first-order valence-corrected chi connectivity index (χ1v) is 8.26. The first kappa shape index (κ1) is 16.2. The van der Waals surface area contributed by atoms with Gasteiger partial charge in [-0.1, -0.05) is 28.1 Å². The molecule has 0 fully saturated rings. The topological polar surface area (TPSA) is 102 Å². The molecule has 1 unspecified atom stereocenters. The summed E-state index contributed by atoms with van der Waals surface area (Å²) in [6.07, 6.45) is -0.0908. The number of hydrogen-bond acceptors (Lipinski definition) is 4. The fourth-order valence-electron chi connectivity index (χ4n) is 1.58. The molecular formula is C12H16BrNO4P+. The molecule has 1 aromatic carbocycles. The Balaban J connectivity index is 2.82. The van der Waals surface area contributed by atoms with Crippen molar-refractivity contribution in [2.24, 2.45) is 5.92 Å². The molecule has 0 bridgehead atoms. The predicted molar refractivity (Wildman–Crippen MR) is 78.6 cm³/mol. The molecule has 0 aliphatic heterocycles. The standard InChI is InChI=1S/C12H15BrNO4P/c1-8(14)19(17,18)7-10(12(15)16)6-9-2-4-11(13)5-3-9/h2-5,10,14,17-18H,6-7H2,1H3/p+1. The third-order valence-corrected chi connectivity index (χ3v) is 5.31. The molecular weight excluding hydrogens is 333 g/mol. The van der Waals surface area contributed by atoms with Crippen LogP contribution in [0.3, 0.4) is 0 Å². The minimum atomic E-state index is -3.58. The van der Waals surface area contributed by atoms with E-state index in [1.807, 2.05) is 0 Å². The van der Waals surface area contributed by atoms with Gasteiger partial charge in [0.25, 0.3) is 0 Å². The molecule has 0 aliphatic rings. The lowest BCUT2D eigenvalue weighted by Crippen LogP contribution is -2.24. The van der Waals surface area contributed by atoms with E-state index in [1.54, 1.807) is 24.3 Å². The summed E-state index contributed by atoms with van der Waals surface area (Å²) in [4.78, 5) is 30.6. The average Bonchev–Trinajstić information content (AvgIpc) is 2.30. The lowest BCUT2D eigenvalue weighted by Gasteiger charge is -2.16. The Bertz CT molecular complexity index is 475. The van der Waals surface area contributed by atoms with Crippen molar-refractivity contribution < 1.29 is 19.7 Å². The third-order valence-electron chi connectivity index (χ3n) is 2.76. The highest BCUT2D eigenvalue weighted by Crippen LogP contribution is 2.52. The van der Waals surface area contributed by atoms with Crippen molar-refractivity contribution in [3.8, 4) is 0 Å². The van der Waals surface area contributed by atoms with Crippen LogP contribution in [0.5, 0.6) is 0 Å². The van der Waals surface area contributed by atoms with E-state index in [4.69, 9.17) is 10.5 Å². The van der Waals surface area contributed by atoms with Gasteiger partial charge in [-0.25, -0.2) is 9.79 Å². The molecule has 0 spiro atoms.